The minimum atomic E-state index is 0.599. The van der Waals surface area contributed by atoms with Crippen molar-refractivity contribution in [2.45, 2.75) is 24.8 Å². The highest BCUT2D eigenvalue weighted by Crippen LogP contribution is 2.40. The minimum Gasteiger partial charge on any atom is -0.226 e. The molecular weight excluding hydrogens is 318 g/mol. The van der Waals surface area contributed by atoms with Crippen molar-refractivity contribution in [1.82, 2.24) is 9.97 Å². The summed E-state index contributed by atoms with van der Waals surface area (Å²) in [7, 11) is 0. The van der Waals surface area contributed by atoms with Gasteiger partial charge in [-0.3, -0.25) is 0 Å². The number of nitrogens with zero attached hydrogens (tertiary/aromatic N) is 3. The third kappa shape index (κ3) is 3.10. The standard InChI is InChI=1S/C15H13N3S3/c1-10-17-14(20-7-3-2-6-16)13-11(9-21-15(13)18-10)12-5-4-8-19-12/h4-5,8-9H,2-3,7H2,1H3. The molecule has 0 atom stereocenters. The van der Waals surface area contributed by atoms with Gasteiger partial charge >= 0.3 is 0 Å². The van der Waals surface area contributed by atoms with Gasteiger partial charge in [-0.1, -0.05) is 6.07 Å². The van der Waals surface area contributed by atoms with Crippen molar-refractivity contribution in [2.24, 2.45) is 0 Å². The molecule has 0 fully saturated rings. The molecule has 0 saturated carbocycles. The van der Waals surface area contributed by atoms with Crippen LogP contribution in [-0.2, 0) is 0 Å². The van der Waals surface area contributed by atoms with E-state index < -0.39 is 0 Å². The Morgan fingerprint density at radius 3 is 3.00 bits per heavy atom. The van der Waals surface area contributed by atoms with Gasteiger partial charge in [-0.2, -0.15) is 5.26 Å². The van der Waals surface area contributed by atoms with Crippen LogP contribution in [0.5, 0.6) is 0 Å². The van der Waals surface area contributed by atoms with Gasteiger partial charge in [-0.15, -0.1) is 34.4 Å². The molecule has 3 rings (SSSR count). The van der Waals surface area contributed by atoms with Crippen LogP contribution in [0.4, 0.5) is 0 Å². The SMILES string of the molecule is Cc1nc(SCCCC#N)c2c(-c3cccs3)csc2n1. The highest BCUT2D eigenvalue weighted by molar-refractivity contribution is 7.99. The molecular formula is C15H13N3S3. The minimum absolute atomic E-state index is 0.599. The molecule has 0 spiro atoms. The third-order valence-electron chi connectivity index (χ3n) is 2.97. The molecule has 3 aromatic rings. The van der Waals surface area contributed by atoms with E-state index in [0.29, 0.717) is 6.42 Å². The van der Waals surface area contributed by atoms with E-state index in [1.165, 1.54) is 10.4 Å². The lowest BCUT2D eigenvalue weighted by molar-refractivity contribution is 0.971. The maximum Gasteiger partial charge on any atom is 0.128 e. The molecule has 3 heterocycles. The molecule has 0 amide bonds. The van der Waals surface area contributed by atoms with Gasteiger partial charge in [0.25, 0.3) is 0 Å². The summed E-state index contributed by atoms with van der Waals surface area (Å²) in [6, 6.07) is 6.39. The van der Waals surface area contributed by atoms with Gasteiger partial charge in [0.05, 0.1) is 11.5 Å². The van der Waals surface area contributed by atoms with Gasteiger partial charge in [0.1, 0.15) is 15.7 Å². The average molecular weight is 331 g/mol. The van der Waals surface area contributed by atoms with Gasteiger partial charge in [0.15, 0.2) is 0 Å². The van der Waals surface area contributed by atoms with Crippen LogP contribution in [0.25, 0.3) is 20.7 Å². The summed E-state index contributed by atoms with van der Waals surface area (Å²) < 4.78 is 0. The van der Waals surface area contributed by atoms with Gasteiger partial charge < -0.3 is 0 Å². The Morgan fingerprint density at radius 1 is 1.33 bits per heavy atom. The Labute approximate surface area is 135 Å². The summed E-state index contributed by atoms with van der Waals surface area (Å²) in [5.41, 5.74) is 1.23. The zero-order valence-corrected chi connectivity index (χ0v) is 13.9. The van der Waals surface area contributed by atoms with Crippen LogP contribution in [0.15, 0.2) is 27.9 Å². The first-order valence-electron chi connectivity index (χ1n) is 6.59. The first-order valence-corrected chi connectivity index (χ1v) is 9.33. The maximum atomic E-state index is 8.63. The number of unbranched alkanes of at least 4 members (excludes halogenated alkanes) is 1. The highest BCUT2D eigenvalue weighted by Gasteiger charge is 2.15. The van der Waals surface area contributed by atoms with Crippen molar-refractivity contribution >= 4 is 44.7 Å². The van der Waals surface area contributed by atoms with Crippen LogP contribution in [0, 0.1) is 18.3 Å². The normalized spacial score (nSPS) is 10.9. The fraction of sp³-hybridized carbons (Fsp3) is 0.267. The number of rotatable bonds is 5. The Hall–Kier alpha value is -1.42. The quantitative estimate of drug-likeness (QED) is 0.370. The molecule has 0 unspecified atom stereocenters. The molecule has 0 aliphatic heterocycles. The molecule has 21 heavy (non-hydrogen) atoms. The van der Waals surface area contributed by atoms with Gasteiger partial charge in [0, 0.05) is 28.0 Å². The topological polar surface area (TPSA) is 49.6 Å². The number of thiophene rings is 2. The van der Waals surface area contributed by atoms with E-state index in [2.05, 4.69) is 38.9 Å². The molecule has 0 saturated heterocycles. The first-order chi connectivity index (χ1) is 10.3. The molecule has 6 heteroatoms. The average Bonchev–Trinajstić information content (AvgIpc) is 3.11. The predicted molar refractivity (Wildman–Crippen MR) is 91.0 cm³/mol. The first kappa shape index (κ1) is 14.5. The Morgan fingerprint density at radius 2 is 2.24 bits per heavy atom. The smallest absolute Gasteiger partial charge is 0.128 e. The molecule has 106 valence electrons. The van der Waals surface area contributed by atoms with Crippen LogP contribution < -0.4 is 0 Å². The number of hydrogen-bond donors (Lipinski definition) is 0. The number of nitriles is 1. The summed E-state index contributed by atoms with van der Waals surface area (Å²) in [5.74, 6) is 1.73. The molecule has 0 radical (unpaired) electrons. The van der Waals surface area contributed by atoms with Crippen molar-refractivity contribution in [3.8, 4) is 16.5 Å². The lowest BCUT2D eigenvalue weighted by Crippen LogP contribution is -1.92. The zero-order valence-electron chi connectivity index (χ0n) is 11.5. The summed E-state index contributed by atoms with van der Waals surface area (Å²) in [6.45, 7) is 1.93. The van der Waals surface area contributed by atoms with Gasteiger partial charge in [0.2, 0.25) is 0 Å². The van der Waals surface area contributed by atoms with Crippen molar-refractivity contribution in [3.63, 3.8) is 0 Å². The fourth-order valence-corrected chi connectivity index (χ4v) is 4.95. The lowest BCUT2D eigenvalue weighted by atomic mass is 10.2. The van der Waals surface area contributed by atoms with E-state index in [1.807, 2.05) is 6.92 Å². The fourth-order valence-electron chi connectivity index (χ4n) is 2.05. The number of thioether (sulfide) groups is 1. The molecule has 0 bridgehead atoms. The monoisotopic (exact) mass is 331 g/mol. The van der Waals surface area contributed by atoms with E-state index in [9.17, 15) is 0 Å². The van der Waals surface area contributed by atoms with Crippen LogP contribution in [0.2, 0.25) is 0 Å². The third-order valence-corrected chi connectivity index (χ3v) is 5.81. The van der Waals surface area contributed by atoms with Crippen LogP contribution in [0.3, 0.4) is 0 Å². The van der Waals surface area contributed by atoms with E-state index >= 15 is 0 Å². The Bertz CT molecular complexity index is 784. The van der Waals surface area contributed by atoms with E-state index in [4.69, 9.17) is 5.26 Å². The molecule has 3 nitrogen and oxygen atoms in total. The van der Waals surface area contributed by atoms with Gasteiger partial charge in [-0.25, -0.2) is 9.97 Å². The largest absolute Gasteiger partial charge is 0.226 e. The second kappa shape index (κ2) is 6.56. The molecule has 0 aromatic carbocycles. The van der Waals surface area contributed by atoms with Crippen LogP contribution in [-0.4, -0.2) is 15.7 Å². The molecule has 0 aliphatic carbocycles. The number of aryl methyl sites for hydroxylation is 1. The Kier molecular flexibility index (Phi) is 4.54. The van der Waals surface area contributed by atoms with Crippen molar-refractivity contribution in [1.29, 1.82) is 5.26 Å². The zero-order chi connectivity index (χ0) is 14.7. The van der Waals surface area contributed by atoms with Crippen molar-refractivity contribution in [3.05, 3.63) is 28.7 Å². The number of hydrogen-bond acceptors (Lipinski definition) is 6. The molecule has 3 aromatic heterocycles. The van der Waals surface area contributed by atoms with Gasteiger partial charge in [-0.05, 0) is 24.8 Å². The second-order valence-electron chi connectivity index (χ2n) is 4.49. The summed E-state index contributed by atoms with van der Waals surface area (Å²) in [6.07, 6.45) is 1.49. The van der Waals surface area contributed by atoms with E-state index in [0.717, 1.165) is 33.2 Å². The Balaban J connectivity index is 2.01. The predicted octanol–water partition coefficient (Wildman–Crippen LogP) is 5.12. The maximum absolute atomic E-state index is 8.63. The summed E-state index contributed by atoms with van der Waals surface area (Å²) in [4.78, 5) is 11.5. The van der Waals surface area contributed by atoms with E-state index in [-0.39, 0.29) is 0 Å². The van der Waals surface area contributed by atoms with Crippen LogP contribution in [0.1, 0.15) is 18.7 Å². The van der Waals surface area contributed by atoms with Crippen molar-refractivity contribution in [2.75, 3.05) is 5.75 Å². The summed E-state index contributed by atoms with van der Waals surface area (Å²) in [5, 5.41) is 15.1. The molecule has 0 N–H and O–H groups in total. The van der Waals surface area contributed by atoms with Crippen LogP contribution >= 0.6 is 34.4 Å². The number of aromatic nitrogens is 2. The molecule has 0 aliphatic rings. The highest BCUT2D eigenvalue weighted by atomic mass is 32.2. The lowest BCUT2D eigenvalue weighted by Gasteiger charge is -2.05. The second-order valence-corrected chi connectivity index (χ2v) is 7.38. The number of fused-ring (bicyclic) bond motifs is 1. The van der Waals surface area contributed by atoms with E-state index in [1.54, 1.807) is 34.4 Å². The summed E-state index contributed by atoms with van der Waals surface area (Å²) >= 11 is 5.14. The van der Waals surface area contributed by atoms with Crippen molar-refractivity contribution < 1.29 is 0 Å².